The van der Waals surface area contributed by atoms with E-state index in [-0.39, 0.29) is 24.6 Å². The van der Waals surface area contributed by atoms with Gasteiger partial charge >= 0.3 is 7.60 Å². The van der Waals surface area contributed by atoms with Crippen molar-refractivity contribution in [2.45, 2.75) is 40.2 Å². The van der Waals surface area contributed by atoms with Crippen LogP contribution >= 0.6 is 7.60 Å². The third-order valence-electron chi connectivity index (χ3n) is 2.85. The summed E-state index contributed by atoms with van der Waals surface area (Å²) < 4.78 is 25.7. The van der Waals surface area contributed by atoms with Crippen LogP contribution in [0.25, 0.3) is 11.2 Å². The molecule has 22 heavy (non-hydrogen) atoms. The molecule has 2 rings (SSSR count). The van der Waals surface area contributed by atoms with Crippen LogP contribution in [0.15, 0.2) is 0 Å². The maximum absolute atomic E-state index is 13.1. The topological polar surface area (TPSA) is 118 Å². The van der Waals surface area contributed by atoms with Crippen molar-refractivity contribution in [1.29, 1.82) is 0 Å². The van der Waals surface area contributed by atoms with Crippen molar-refractivity contribution in [3.8, 4) is 0 Å². The summed E-state index contributed by atoms with van der Waals surface area (Å²) in [5, 5.41) is 7.98. The predicted octanol–water partition coefficient (Wildman–Crippen LogP) is 1.49. The van der Waals surface area contributed by atoms with Gasteiger partial charge in [-0.2, -0.15) is 4.98 Å². The van der Waals surface area contributed by atoms with Gasteiger partial charge in [0.25, 0.3) is 0 Å². The van der Waals surface area contributed by atoms with Gasteiger partial charge in [0.05, 0.1) is 13.2 Å². The molecule has 9 nitrogen and oxygen atoms in total. The largest absolute Gasteiger partial charge is 0.382 e. The molecule has 0 unspecified atom stereocenters. The molecule has 2 N–H and O–H groups in total. The number of rotatable bonds is 8. The first-order valence-corrected chi connectivity index (χ1v) is 8.86. The van der Waals surface area contributed by atoms with Gasteiger partial charge < -0.3 is 14.8 Å². The number of anilines is 1. The van der Waals surface area contributed by atoms with Crippen LogP contribution in [-0.4, -0.2) is 38.2 Å². The third kappa shape index (κ3) is 3.26. The number of nitrogens with zero attached hydrogens (tertiary/aromatic N) is 5. The highest BCUT2D eigenvalue weighted by Gasteiger charge is 2.34. The lowest BCUT2D eigenvalue weighted by Crippen LogP contribution is -2.19. The summed E-state index contributed by atoms with van der Waals surface area (Å²) >= 11 is 0. The molecule has 0 fully saturated rings. The molecule has 0 spiro atoms. The molecular weight excluding hydrogens is 307 g/mol. The minimum Gasteiger partial charge on any atom is -0.368 e. The molecule has 0 saturated heterocycles. The van der Waals surface area contributed by atoms with Gasteiger partial charge in [0, 0.05) is 6.54 Å². The van der Waals surface area contributed by atoms with Crippen molar-refractivity contribution >= 4 is 30.1 Å². The van der Waals surface area contributed by atoms with Crippen molar-refractivity contribution in [3.63, 3.8) is 0 Å². The lowest BCUT2D eigenvalue weighted by atomic mass is 10.5. The quantitative estimate of drug-likeness (QED) is 0.724. The maximum Gasteiger partial charge on any atom is 0.382 e. The van der Waals surface area contributed by atoms with E-state index in [1.54, 1.807) is 4.68 Å². The molecule has 10 heteroatoms. The Kier molecular flexibility index (Phi) is 5.44. The number of aryl methyl sites for hydroxylation is 1. The number of nitrogens with two attached hydrogens (primary N) is 1. The number of hydrogen-bond donors (Lipinski definition) is 1. The van der Waals surface area contributed by atoms with Gasteiger partial charge in [0.15, 0.2) is 16.6 Å². The van der Waals surface area contributed by atoms with E-state index in [0.717, 1.165) is 0 Å². The number of aromatic nitrogens is 5. The summed E-state index contributed by atoms with van der Waals surface area (Å²) in [6.45, 7) is 6.86. The third-order valence-corrected chi connectivity index (χ3v) is 4.73. The Morgan fingerprint density at radius 1 is 1.14 bits per heavy atom. The monoisotopic (exact) mass is 328 g/mol. The molecule has 0 aliphatic rings. The molecule has 0 bridgehead atoms. The van der Waals surface area contributed by atoms with Crippen molar-refractivity contribution in [2.24, 2.45) is 0 Å². The molecule has 2 aromatic rings. The van der Waals surface area contributed by atoms with Crippen LogP contribution in [-0.2, 0) is 20.2 Å². The summed E-state index contributed by atoms with van der Waals surface area (Å²) in [7, 11) is -3.62. The smallest absolute Gasteiger partial charge is 0.368 e. The van der Waals surface area contributed by atoms with Crippen LogP contribution < -0.4 is 11.2 Å². The lowest BCUT2D eigenvalue weighted by Gasteiger charge is -2.17. The molecule has 0 atom stereocenters. The SMILES string of the molecule is CCCOP(=O)(OCCC)c1nc(N)nc2c1nnn2CC. The van der Waals surface area contributed by atoms with Crippen molar-refractivity contribution in [3.05, 3.63) is 0 Å². The van der Waals surface area contributed by atoms with Gasteiger partial charge in [-0.3, -0.25) is 4.57 Å². The Bertz CT molecular complexity index is 677. The van der Waals surface area contributed by atoms with Gasteiger partial charge in [0.2, 0.25) is 5.95 Å². The fourth-order valence-corrected chi connectivity index (χ4v) is 3.64. The number of nitrogen functional groups attached to an aromatic ring is 1. The molecule has 0 aliphatic heterocycles. The van der Waals surface area contributed by atoms with Gasteiger partial charge in [-0.05, 0) is 19.8 Å². The maximum atomic E-state index is 13.1. The predicted molar refractivity (Wildman–Crippen MR) is 82.9 cm³/mol. The van der Waals surface area contributed by atoms with Crippen LogP contribution in [0, 0.1) is 0 Å². The van der Waals surface area contributed by atoms with Crippen LogP contribution in [0.4, 0.5) is 5.95 Å². The molecule has 2 aromatic heterocycles. The van der Waals surface area contributed by atoms with Crippen molar-refractivity contribution < 1.29 is 13.6 Å². The van der Waals surface area contributed by atoms with E-state index in [0.29, 0.717) is 30.6 Å². The van der Waals surface area contributed by atoms with Crippen molar-refractivity contribution in [2.75, 3.05) is 18.9 Å². The minimum absolute atomic E-state index is 0.0140. The first-order chi connectivity index (χ1) is 10.6. The molecule has 0 aliphatic carbocycles. The molecular formula is C12H21N6O3P. The van der Waals surface area contributed by atoms with Crippen LogP contribution in [0.3, 0.4) is 0 Å². The average molecular weight is 328 g/mol. The number of fused-ring (bicyclic) bond motifs is 1. The Labute approximate surface area is 128 Å². The van der Waals surface area contributed by atoms with E-state index in [4.69, 9.17) is 14.8 Å². The first-order valence-electron chi connectivity index (χ1n) is 7.32. The highest BCUT2D eigenvalue weighted by atomic mass is 31.2. The summed E-state index contributed by atoms with van der Waals surface area (Å²) in [6.07, 6.45) is 1.40. The Morgan fingerprint density at radius 3 is 2.32 bits per heavy atom. The second-order valence-electron chi connectivity index (χ2n) is 4.65. The minimum atomic E-state index is -3.62. The summed E-state index contributed by atoms with van der Waals surface area (Å²) in [5.74, 6) is -0.0140. The second-order valence-corrected chi connectivity index (χ2v) is 6.58. The molecule has 122 valence electrons. The van der Waals surface area contributed by atoms with Crippen LogP contribution in [0.5, 0.6) is 0 Å². The fourth-order valence-electron chi connectivity index (χ4n) is 1.84. The van der Waals surface area contributed by atoms with Gasteiger partial charge in [-0.25, -0.2) is 9.67 Å². The number of hydrogen-bond acceptors (Lipinski definition) is 8. The van der Waals surface area contributed by atoms with E-state index < -0.39 is 7.60 Å². The van der Waals surface area contributed by atoms with Gasteiger partial charge in [-0.15, -0.1) is 5.10 Å². The van der Waals surface area contributed by atoms with Crippen LogP contribution in [0.2, 0.25) is 0 Å². The zero-order valence-corrected chi connectivity index (χ0v) is 13.9. The molecule has 0 amide bonds. The normalized spacial score (nSPS) is 12.1. The standard InChI is InChI=1S/C12H21N6O3P/c1-4-7-20-22(19,21-8-5-2)11-9-10(14-12(13)15-11)18(6-3)17-16-9/h4-8H2,1-3H3,(H2,13,14,15). The Hall–Kier alpha value is -1.57. The lowest BCUT2D eigenvalue weighted by molar-refractivity contribution is 0.213. The Morgan fingerprint density at radius 2 is 1.77 bits per heavy atom. The van der Waals surface area contributed by atoms with E-state index >= 15 is 0 Å². The molecule has 2 heterocycles. The second kappa shape index (κ2) is 7.13. The van der Waals surface area contributed by atoms with Gasteiger partial charge in [0.1, 0.15) is 0 Å². The van der Waals surface area contributed by atoms with Crippen LogP contribution in [0.1, 0.15) is 33.6 Å². The first kappa shape index (κ1) is 16.8. The Balaban J connectivity index is 2.57. The van der Waals surface area contributed by atoms with E-state index in [1.807, 2.05) is 20.8 Å². The molecule has 0 saturated carbocycles. The summed E-state index contributed by atoms with van der Waals surface area (Å²) in [6, 6.07) is 0. The van der Waals surface area contributed by atoms with Crippen molar-refractivity contribution in [1.82, 2.24) is 25.0 Å². The van der Waals surface area contributed by atoms with E-state index in [1.165, 1.54) is 0 Å². The summed E-state index contributed by atoms with van der Waals surface area (Å²) in [5.41, 5.74) is 6.54. The van der Waals surface area contributed by atoms with Gasteiger partial charge in [-0.1, -0.05) is 19.1 Å². The van der Waals surface area contributed by atoms with E-state index in [9.17, 15) is 4.57 Å². The summed E-state index contributed by atoms with van der Waals surface area (Å²) in [4.78, 5) is 8.18. The average Bonchev–Trinajstić information content (AvgIpc) is 2.92. The zero-order valence-electron chi connectivity index (χ0n) is 13.0. The highest BCUT2D eigenvalue weighted by Crippen LogP contribution is 2.47. The van der Waals surface area contributed by atoms with E-state index in [2.05, 4.69) is 20.3 Å². The fraction of sp³-hybridized carbons (Fsp3) is 0.667. The molecule has 0 radical (unpaired) electrons. The zero-order chi connectivity index (χ0) is 16.2. The highest BCUT2D eigenvalue weighted by molar-refractivity contribution is 7.62. The molecule has 0 aromatic carbocycles.